The van der Waals surface area contributed by atoms with Crippen molar-refractivity contribution >= 4 is 5.78 Å². The largest absolute Gasteiger partial charge is 0.293 e. The smallest absolute Gasteiger partial charge is 0.176 e. The third kappa shape index (κ3) is 4.79. The Labute approximate surface area is 117 Å². The van der Waals surface area contributed by atoms with Crippen LogP contribution in [0, 0.1) is 0 Å². The topological polar surface area (TPSA) is 20.3 Å². The molecule has 0 aromatic heterocycles. The number of carbonyl (C=O) groups is 1. The lowest BCUT2D eigenvalue weighted by Crippen LogP contribution is -2.36. The summed E-state index contributed by atoms with van der Waals surface area (Å²) in [6, 6.07) is 8.47. The van der Waals surface area contributed by atoms with Crippen LogP contribution >= 0.6 is 0 Å². The van der Waals surface area contributed by atoms with Crippen molar-refractivity contribution in [1.82, 2.24) is 4.90 Å². The van der Waals surface area contributed by atoms with Crippen LogP contribution in [-0.4, -0.2) is 29.8 Å². The van der Waals surface area contributed by atoms with E-state index in [0.717, 1.165) is 18.5 Å². The van der Waals surface area contributed by atoms with Crippen LogP contribution in [0.25, 0.3) is 0 Å². The van der Waals surface area contributed by atoms with E-state index in [1.165, 1.54) is 5.56 Å². The molecule has 0 unspecified atom stereocenters. The molecule has 0 amide bonds. The van der Waals surface area contributed by atoms with Crippen LogP contribution in [0.5, 0.6) is 0 Å². The quantitative estimate of drug-likeness (QED) is 0.688. The molecule has 0 aliphatic rings. The highest BCUT2D eigenvalue weighted by Gasteiger charge is 2.14. The second kappa shape index (κ2) is 7.44. The number of carbonyl (C=O) groups excluding carboxylic acids is 1. The summed E-state index contributed by atoms with van der Waals surface area (Å²) in [5.74, 6) is 0.730. The standard InChI is InChI=1S/C17H27NO/c1-6-11-18(14(4)5)12-17(19)16-9-7-15(8-10-16)13(2)3/h7-10,13-14H,6,11-12H2,1-5H3. The Morgan fingerprint density at radius 3 is 2.11 bits per heavy atom. The Morgan fingerprint density at radius 2 is 1.68 bits per heavy atom. The Kier molecular flexibility index (Phi) is 6.23. The molecule has 0 fully saturated rings. The van der Waals surface area contributed by atoms with E-state index in [1.807, 2.05) is 12.1 Å². The van der Waals surface area contributed by atoms with Crippen LogP contribution in [0.3, 0.4) is 0 Å². The van der Waals surface area contributed by atoms with E-state index in [4.69, 9.17) is 0 Å². The third-order valence-corrected chi connectivity index (χ3v) is 3.49. The maximum atomic E-state index is 12.3. The summed E-state index contributed by atoms with van der Waals surface area (Å²) in [4.78, 5) is 14.5. The molecule has 19 heavy (non-hydrogen) atoms. The summed E-state index contributed by atoms with van der Waals surface area (Å²) < 4.78 is 0. The van der Waals surface area contributed by atoms with Crippen LogP contribution in [0.4, 0.5) is 0 Å². The molecule has 2 heteroatoms. The fourth-order valence-corrected chi connectivity index (χ4v) is 2.14. The van der Waals surface area contributed by atoms with E-state index in [0.29, 0.717) is 18.5 Å². The normalized spacial score (nSPS) is 11.6. The first-order valence-corrected chi connectivity index (χ1v) is 7.32. The molecule has 0 aliphatic carbocycles. The van der Waals surface area contributed by atoms with Gasteiger partial charge in [0.2, 0.25) is 0 Å². The monoisotopic (exact) mass is 261 g/mol. The Balaban J connectivity index is 2.71. The molecule has 0 atom stereocenters. The minimum absolute atomic E-state index is 0.220. The maximum Gasteiger partial charge on any atom is 0.176 e. The third-order valence-electron chi connectivity index (χ3n) is 3.49. The van der Waals surface area contributed by atoms with Crippen LogP contribution in [0.1, 0.15) is 62.9 Å². The van der Waals surface area contributed by atoms with Gasteiger partial charge in [-0.25, -0.2) is 0 Å². The highest BCUT2D eigenvalue weighted by atomic mass is 16.1. The molecule has 2 nitrogen and oxygen atoms in total. The first-order chi connectivity index (χ1) is 8.95. The molecule has 1 aromatic carbocycles. The van der Waals surface area contributed by atoms with Crippen molar-refractivity contribution in [3.63, 3.8) is 0 Å². The fourth-order valence-electron chi connectivity index (χ4n) is 2.14. The summed E-state index contributed by atoms with van der Waals surface area (Å²) in [5.41, 5.74) is 2.11. The van der Waals surface area contributed by atoms with E-state index in [-0.39, 0.29) is 5.78 Å². The number of rotatable bonds is 7. The van der Waals surface area contributed by atoms with Gasteiger partial charge in [0.1, 0.15) is 0 Å². The van der Waals surface area contributed by atoms with Crippen LogP contribution in [0.15, 0.2) is 24.3 Å². The Morgan fingerprint density at radius 1 is 1.11 bits per heavy atom. The number of hydrogen-bond acceptors (Lipinski definition) is 2. The molecule has 0 spiro atoms. The van der Waals surface area contributed by atoms with E-state index in [9.17, 15) is 4.79 Å². The van der Waals surface area contributed by atoms with Gasteiger partial charge in [0.05, 0.1) is 6.54 Å². The lowest BCUT2D eigenvalue weighted by atomic mass is 10.0. The zero-order valence-corrected chi connectivity index (χ0v) is 12.9. The Bertz CT molecular complexity index is 392. The minimum Gasteiger partial charge on any atom is -0.293 e. The summed E-state index contributed by atoms with van der Waals surface area (Å²) in [6.45, 7) is 12.3. The molecule has 1 aromatic rings. The lowest BCUT2D eigenvalue weighted by molar-refractivity contribution is 0.0906. The average molecular weight is 261 g/mol. The first-order valence-electron chi connectivity index (χ1n) is 7.32. The highest BCUT2D eigenvalue weighted by Crippen LogP contribution is 2.15. The van der Waals surface area contributed by atoms with Gasteiger partial charge in [0.15, 0.2) is 5.78 Å². The number of nitrogens with zero attached hydrogens (tertiary/aromatic N) is 1. The van der Waals surface area contributed by atoms with Gasteiger partial charge in [-0.1, -0.05) is 45.0 Å². The van der Waals surface area contributed by atoms with Gasteiger partial charge in [-0.05, 0) is 38.3 Å². The summed E-state index contributed by atoms with van der Waals surface area (Å²) in [7, 11) is 0. The second-order valence-electron chi connectivity index (χ2n) is 5.76. The van der Waals surface area contributed by atoms with Gasteiger partial charge in [0.25, 0.3) is 0 Å². The highest BCUT2D eigenvalue weighted by molar-refractivity contribution is 5.97. The van der Waals surface area contributed by atoms with Gasteiger partial charge in [-0.3, -0.25) is 9.69 Å². The predicted molar refractivity (Wildman–Crippen MR) is 81.9 cm³/mol. The fraction of sp³-hybridized carbons (Fsp3) is 0.588. The molecule has 1 rings (SSSR count). The summed E-state index contributed by atoms with van der Waals surface area (Å²) in [5, 5.41) is 0. The molecule has 0 bridgehead atoms. The van der Waals surface area contributed by atoms with Gasteiger partial charge in [0, 0.05) is 11.6 Å². The van der Waals surface area contributed by atoms with Gasteiger partial charge < -0.3 is 0 Å². The van der Waals surface area contributed by atoms with Crippen molar-refractivity contribution in [3.8, 4) is 0 Å². The van der Waals surface area contributed by atoms with E-state index in [2.05, 4.69) is 51.7 Å². The van der Waals surface area contributed by atoms with Crippen molar-refractivity contribution in [2.75, 3.05) is 13.1 Å². The number of hydrogen-bond donors (Lipinski definition) is 0. The SMILES string of the molecule is CCCN(CC(=O)c1ccc(C(C)C)cc1)C(C)C. The van der Waals surface area contributed by atoms with Crippen molar-refractivity contribution in [2.24, 2.45) is 0 Å². The first kappa shape index (κ1) is 15.9. The van der Waals surface area contributed by atoms with Crippen molar-refractivity contribution in [1.29, 1.82) is 0 Å². The number of benzene rings is 1. The van der Waals surface area contributed by atoms with Gasteiger partial charge in [-0.15, -0.1) is 0 Å². The zero-order chi connectivity index (χ0) is 14.4. The predicted octanol–water partition coefficient (Wildman–Crippen LogP) is 4.11. The van der Waals surface area contributed by atoms with Crippen molar-refractivity contribution in [2.45, 2.75) is 53.0 Å². The Hall–Kier alpha value is -1.15. The van der Waals surface area contributed by atoms with Crippen LogP contribution in [0.2, 0.25) is 0 Å². The number of Topliss-reactive ketones (excluding diaryl/α,β-unsaturated/α-hetero) is 1. The second-order valence-corrected chi connectivity index (χ2v) is 5.76. The van der Waals surface area contributed by atoms with Crippen molar-refractivity contribution < 1.29 is 4.79 Å². The van der Waals surface area contributed by atoms with E-state index < -0.39 is 0 Å². The molecule has 0 aliphatic heterocycles. The molecule has 106 valence electrons. The average Bonchev–Trinajstić information content (AvgIpc) is 2.38. The number of ketones is 1. The molecular weight excluding hydrogens is 234 g/mol. The molecular formula is C17H27NO. The van der Waals surface area contributed by atoms with Gasteiger partial charge in [-0.2, -0.15) is 0 Å². The van der Waals surface area contributed by atoms with Gasteiger partial charge >= 0.3 is 0 Å². The van der Waals surface area contributed by atoms with Crippen molar-refractivity contribution in [3.05, 3.63) is 35.4 Å². The maximum absolute atomic E-state index is 12.3. The molecule has 0 saturated heterocycles. The summed E-state index contributed by atoms with van der Waals surface area (Å²) >= 11 is 0. The summed E-state index contributed by atoms with van der Waals surface area (Å²) in [6.07, 6.45) is 1.08. The van der Waals surface area contributed by atoms with E-state index >= 15 is 0 Å². The molecule has 0 N–H and O–H groups in total. The van der Waals surface area contributed by atoms with E-state index in [1.54, 1.807) is 0 Å². The molecule has 0 radical (unpaired) electrons. The molecule has 0 heterocycles. The minimum atomic E-state index is 0.220. The zero-order valence-electron chi connectivity index (χ0n) is 12.9. The lowest BCUT2D eigenvalue weighted by Gasteiger charge is -2.25. The molecule has 0 saturated carbocycles. The van der Waals surface area contributed by atoms with Crippen LogP contribution in [-0.2, 0) is 0 Å². The van der Waals surface area contributed by atoms with Crippen LogP contribution < -0.4 is 0 Å².